The maximum Gasteiger partial charge on any atom is 0.264 e. The molecule has 0 fully saturated rings. The average Bonchev–Trinajstić information content (AvgIpc) is 2.75. The number of nitrogens with one attached hydrogen (secondary N) is 1. The number of halogens is 2. The third-order valence-electron chi connectivity index (χ3n) is 5.20. The van der Waals surface area contributed by atoms with Gasteiger partial charge in [0.1, 0.15) is 0 Å². The highest BCUT2D eigenvalue weighted by atomic mass is 79.9. The molecule has 0 unspecified atom stereocenters. The fourth-order valence-corrected chi connectivity index (χ4v) is 5.70. The largest absolute Gasteiger partial charge is 0.322 e. The van der Waals surface area contributed by atoms with Crippen molar-refractivity contribution >= 4 is 54.8 Å². The van der Waals surface area contributed by atoms with Crippen molar-refractivity contribution in [2.45, 2.75) is 24.7 Å². The number of aryl methyl sites for hydroxylation is 2. The minimum absolute atomic E-state index is 0.271. The molecule has 1 heterocycles. The van der Waals surface area contributed by atoms with Gasteiger partial charge in [-0.15, -0.1) is 0 Å². The summed E-state index contributed by atoms with van der Waals surface area (Å²) < 4.78 is 28.6. The molecule has 0 spiro atoms. The second-order valence-electron chi connectivity index (χ2n) is 7.42. The predicted octanol–water partition coefficient (Wildman–Crippen LogP) is 5.80. The van der Waals surface area contributed by atoms with Gasteiger partial charge in [0, 0.05) is 16.7 Å². The zero-order chi connectivity index (χ0) is 22.2. The molecular weight excluding hydrogens is 500 g/mol. The number of amides is 1. The Balaban J connectivity index is 1.62. The Labute approximate surface area is 195 Å². The normalized spacial score (nSPS) is 13.6. The first kappa shape index (κ1) is 21.9. The Morgan fingerprint density at radius 1 is 1.06 bits per heavy atom. The van der Waals surface area contributed by atoms with Crippen molar-refractivity contribution < 1.29 is 13.2 Å². The summed E-state index contributed by atoms with van der Waals surface area (Å²) in [6, 6.07) is 17.2. The van der Waals surface area contributed by atoms with E-state index in [1.165, 1.54) is 4.31 Å². The van der Waals surface area contributed by atoms with Gasteiger partial charge in [-0.05, 0) is 73.9 Å². The molecular formula is C23H20BrClN2O3S. The summed E-state index contributed by atoms with van der Waals surface area (Å²) in [4.78, 5) is 12.9. The monoisotopic (exact) mass is 518 g/mol. The summed E-state index contributed by atoms with van der Waals surface area (Å²) in [6.45, 7) is 2.34. The van der Waals surface area contributed by atoms with E-state index in [0.717, 1.165) is 22.0 Å². The van der Waals surface area contributed by atoms with Gasteiger partial charge >= 0.3 is 0 Å². The van der Waals surface area contributed by atoms with Crippen molar-refractivity contribution in [2.24, 2.45) is 0 Å². The zero-order valence-electron chi connectivity index (χ0n) is 16.7. The minimum atomic E-state index is -3.66. The molecule has 1 aliphatic rings. The van der Waals surface area contributed by atoms with Crippen molar-refractivity contribution in [3.63, 3.8) is 0 Å². The van der Waals surface area contributed by atoms with Gasteiger partial charge in [0.2, 0.25) is 0 Å². The molecule has 3 aromatic rings. The van der Waals surface area contributed by atoms with Crippen LogP contribution < -0.4 is 9.62 Å². The fraction of sp³-hybridized carbons (Fsp3) is 0.174. The van der Waals surface area contributed by atoms with Gasteiger partial charge in [-0.2, -0.15) is 0 Å². The summed E-state index contributed by atoms with van der Waals surface area (Å²) in [5, 5.41) is 3.21. The first-order valence-electron chi connectivity index (χ1n) is 9.74. The summed E-state index contributed by atoms with van der Waals surface area (Å²) in [6.07, 6.45) is 1.43. The van der Waals surface area contributed by atoms with Gasteiger partial charge < -0.3 is 5.32 Å². The third kappa shape index (κ3) is 4.49. The molecule has 3 aromatic carbocycles. The Bertz CT molecular complexity index is 1260. The predicted molar refractivity (Wildman–Crippen MR) is 128 cm³/mol. The number of nitrogens with zero attached hydrogens (tertiary/aromatic N) is 1. The van der Waals surface area contributed by atoms with E-state index in [4.69, 9.17) is 11.6 Å². The third-order valence-corrected chi connectivity index (χ3v) is 7.85. The van der Waals surface area contributed by atoms with Crippen molar-refractivity contribution in [3.8, 4) is 0 Å². The lowest BCUT2D eigenvalue weighted by Crippen LogP contribution is -2.35. The maximum atomic E-state index is 13.2. The van der Waals surface area contributed by atoms with Crippen LogP contribution in [0.3, 0.4) is 0 Å². The summed E-state index contributed by atoms with van der Waals surface area (Å²) >= 11 is 9.50. The maximum absolute atomic E-state index is 13.2. The van der Waals surface area contributed by atoms with Crippen LogP contribution in [0.1, 0.15) is 27.9 Å². The van der Waals surface area contributed by atoms with E-state index < -0.39 is 10.0 Å². The van der Waals surface area contributed by atoms with Crippen molar-refractivity contribution in [3.05, 3.63) is 86.8 Å². The SMILES string of the molecule is Cc1ccc(S(=O)(=O)N2CCCc3cc(NC(=O)c4cc(Br)ccc4Cl)ccc32)cc1. The molecule has 160 valence electrons. The number of fused-ring (bicyclic) bond motifs is 1. The second kappa shape index (κ2) is 8.65. The molecule has 0 aliphatic carbocycles. The standard InChI is InChI=1S/C23H20BrClN2O3S/c1-15-4-8-19(9-5-15)31(29,30)27-12-2-3-16-13-18(7-11-22(16)27)26-23(28)20-14-17(24)6-10-21(20)25/h4-11,13-14H,2-3,12H2,1H3,(H,26,28). The number of carbonyl (C=O) groups is 1. The van der Waals surface area contributed by atoms with Crippen LogP contribution in [-0.4, -0.2) is 20.9 Å². The number of carbonyl (C=O) groups excluding carboxylic acids is 1. The van der Waals surface area contributed by atoms with E-state index in [0.29, 0.717) is 34.9 Å². The molecule has 0 aromatic heterocycles. The molecule has 1 aliphatic heterocycles. The lowest BCUT2D eigenvalue weighted by Gasteiger charge is -2.31. The first-order valence-corrected chi connectivity index (χ1v) is 12.4. The lowest BCUT2D eigenvalue weighted by atomic mass is 10.0. The highest BCUT2D eigenvalue weighted by Crippen LogP contribution is 2.34. The first-order chi connectivity index (χ1) is 14.8. The highest BCUT2D eigenvalue weighted by Gasteiger charge is 2.29. The summed E-state index contributed by atoms with van der Waals surface area (Å²) in [5.74, 6) is -0.328. The van der Waals surface area contributed by atoms with Crippen LogP contribution in [-0.2, 0) is 16.4 Å². The summed E-state index contributed by atoms with van der Waals surface area (Å²) in [5.41, 5.74) is 3.47. The van der Waals surface area contributed by atoms with Crippen LogP contribution in [0.25, 0.3) is 0 Å². The Kier molecular flexibility index (Phi) is 6.10. The Morgan fingerprint density at radius 3 is 2.55 bits per heavy atom. The molecule has 0 radical (unpaired) electrons. The van der Waals surface area contributed by atoms with Gasteiger partial charge in [0.25, 0.3) is 15.9 Å². The van der Waals surface area contributed by atoms with Crippen LogP contribution >= 0.6 is 27.5 Å². The van der Waals surface area contributed by atoms with Crippen molar-refractivity contribution in [2.75, 3.05) is 16.2 Å². The van der Waals surface area contributed by atoms with Crippen molar-refractivity contribution in [1.29, 1.82) is 0 Å². The van der Waals surface area contributed by atoms with Crippen LogP contribution in [0.5, 0.6) is 0 Å². The van der Waals surface area contributed by atoms with Crippen LogP contribution in [0, 0.1) is 6.92 Å². The Morgan fingerprint density at radius 2 is 1.81 bits per heavy atom. The van der Waals surface area contributed by atoms with Crippen molar-refractivity contribution in [1.82, 2.24) is 0 Å². The molecule has 5 nitrogen and oxygen atoms in total. The molecule has 0 bridgehead atoms. The number of hydrogen-bond acceptors (Lipinski definition) is 3. The van der Waals surface area contributed by atoms with Gasteiger partial charge in [-0.3, -0.25) is 9.10 Å². The van der Waals surface area contributed by atoms with Crippen LogP contribution in [0.4, 0.5) is 11.4 Å². The summed E-state index contributed by atoms with van der Waals surface area (Å²) in [7, 11) is -3.66. The molecule has 0 saturated heterocycles. The number of hydrogen-bond donors (Lipinski definition) is 1. The fourth-order valence-electron chi connectivity index (χ4n) is 3.60. The van der Waals surface area contributed by atoms with E-state index in [2.05, 4.69) is 21.2 Å². The highest BCUT2D eigenvalue weighted by molar-refractivity contribution is 9.10. The molecule has 1 N–H and O–H groups in total. The van der Waals surface area contributed by atoms with E-state index in [1.54, 1.807) is 54.6 Å². The molecule has 1 amide bonds. The number of anilines is 2. The van der Waals surface area contributed by atoms with E-state index in [-0.39, 0.29) is 10.8 Å². The zero-order valence-corrected chi connectivity index (χ0v) is 19.9. The Hall–Kier alpha value is -2.35. The average molecular weight is 520 g/mol. The van der Waals surface area contributed by atoms with E-state index in [1.807, 2.05) is 13.0 Å². The van der Waals surface area contributed by atoms with E-state index >= 15 is 0 Å². The van der Waals surface area contributed by atoms with Crippen LogP contribution in [0.2, 0.25) is 5.02 Å². The van der Waals surface area contributed by atoms with Crippen LogP contribution in [0.15, 0.2) is 70.0 Å². The molecule has 31 heavy (non-hydrogen) atoms. The second-order valence-corrected chi connectivity index (χ2v) is 10.6. The van der Waals surface area contributed by atoms with Gasteiger partial charge in [0.15, 0.2) is 0 Å². The van der Waals surface area contributed by atoms with Gasteiger partial charge in [-0.1, -0.05) is 45.2 Å². The molecule has 8 heteroatoms. The smallest absolute Gasteiger partial charge is 0.264 e. The molecule has 0 atom stereocenters. The quantitative estimate of drug-likeness (QED) is 0.473. The number of benzene rings is 3. The minimum Gasteiger partial charge on any atom is -0.322 e. The van der Waals surface area contributed by atoms with Gasteiger partial charge in [-0.25, -0.2) is 8.42 Å². The number of sulfonamides is 1. The lowest BCUT2D eigenvalue weighted by molar-refractivity contribution is 0.102. The van der Waals surface area contributed by atoms with Gasteiger partial charge in [0.05, 0.1) is 21.2 Å². The number of rotatable bonds is 4. The van der Waals surface area contributed by atoms with E-state index in [9.17, 15) is 13.2 Å². The topological polar surface area (TPSA) is 66.5 Å². The molecule has 4 rings (SSSR count). The molecule has 0 saturated carbocycles.